The summed E-state index contributed by atoms with van der Waals surface area (Å²) in [6, 6.07) is -2.03. The van der Waals surface area contributed by atoms with Crippen molar-refractivity contribution in [1.82, 2.24) is 0 Å². The van der Waals surface area contributed by atoms with E-state index >= 15 is 0 Å². The van der Waals surface area contributed by atoms with Gasteiger partial charge in [0.05, 0.1) is 0 Å². The van der Waals surface area contributed by atoms with Crippen molar-refractivity contribution in [2.75, 3.05) is 0 Å². The van der Waals surface area contributed by atoms with E-state index in [0.717, 1.165) is 0 Å². The van der Waals surface area contributed by atoms with E-state index in [1.807, 2.05) is 0 Å². The number of hydrogen-bond acceptors (Lipinski definition) is 3. The largest absolute Gasteiger partial charge is 1.00 e. The van der Waals surface area contributed by atoms with Gasteiger partial charge in [-0.2, -0.15) is 0 Å². The van der Waals surface area contributed by atoms with Crippen LogP contribution in [0.5, 0.6) is 0 Å². The molecule has 0 atom stereocenters. The normalized spacial score (nSPS) is 6.75. The molecule has 0 bridgehead atoms. The standard InChI is InChI=1S/C2HFO3.Rb.Sb.3H/c3-1(4)2(5)6;;;;;/h(H,5,6);;;;;/q;2*+1;;;-1/p-1. The summed E-state index contributed by atoms with van der Waals surface area (Å²) in [5.41, 5.74) is 0. The molecule has 0 spiro atoms. The summed E-state index contributed by atoms with van der Waals surface area (Å²) in [6.45, 7) is 0. The molecule has 0 aliphatic heterocycles. The molecule has 0 radical (unpaired) electrons. The summed E-state index contributed by atoms with van der Waals surface area (Å²) in [4.78, 5) is 18.9. The van der Waals surface area contributed by atoms with Crippen LogP contribution in [0.2, 0.25) is 0 Å². The van der Waals surface area contributed by atoms with Crippen LogP contribution in [0.4, 0.5) is 4.39 Å². The fourth-order valence-electron chi connectivity index (χ4n) is 0.0463. The molecule has 0 aromatic heterocycles. The van der Waals surface area contributed by atoms with Crippen LogP contribution in [-0.4, -0.2) is 35.4 Å². The SMILES string of the molecule is O=C(F)C(=O)[O][SbH2].[H-].[Rb+]. The second-order valence-electron chi connectivity index (χ2n) is 0.679. The van der Waals surface area contributed by atoms with Gasteiger partial charge < -0.3 is 1.43 Å². The zero-order valence-electron chi connectivity index (χ0n) is 5.18. The molecule has 0 aromatic carbocycles. The zero-order chi connectivity index (χ0) is 5.86. The Balaban J connectivity index is -0.000000180. The van der Waals surface area contributed by atoms with Crippen molar-refractivity contribution in [3.8, 4) is 0 Å². The van der Waals surface area contributed by atoms with Crippen LogP contribution >= 0.6 is 0 Å². The van der Waals surface area contributed by atoms with Crippen LogP contribution in [-0.2, 0) is 12.6 Å². The van der Waals surface area contributed by atoms with Gasteiger partial charge in [0.15, 0.2) is 0 Å². The predicted octanol–water partition coefficient (Wildman–Crippen LogP) is -4.31. The Morgan fingerprint density at radius 3 is 2.00 bits per heavy atom. The quantitative estimate of drug-likeness (QED) is 0.280. The third-order valence-corrected chi connectivity index (χ3v) is 0.879. The Hall–Kier alpha value is 1.69. The Bertz CT molecular complexity index is 110. The summed E-state index contributed by atoms with van der Waals surface area (Å²) in [6.07, 6.45) is 0. The first-order valence-electron chi connectivity index (χ1n) is 1.29. The van der Waals surface area contributed by atoms with Crippen LogP contribution in [0.1, 0.15) is 1.43 Å². The third-order valence-electron chi connectivity index (χ3n) is 0.268. The third kappa shape index (κ3) is 5.82. The molecule has 3 nitrogen and oxygen atoms in total. The Labute approximate surface area is 110 Å². The predicted molar refractivity (Wildman–Crippen MR) is 21.9 cm³/mol. The van der Waals surface area contributed by atoms with E-state index in [9.17, 15) is 14.0 Å². The van der Waals surface area contributed by atoms with Crippen molar-refractivity contribution < 1.29 is 76.6 Å². The van der Waals surface area contributed by atoms with Crippen LogP contribution in [0.3, 0.4) is 0 Å². The fraction of sp³-hybridized carbons (Fsp3) is 0. The number of carbonyl (C=O) groups is 2. The monoisotopic (exact) mass is 300 g/mol. The van der Waals surface area contributed by atoms with Gasteiger partial charge in [0.1, 0.15) is 0 Å². The molecule has 0 saturated heterocycles. The molecule has 0 rings (SSSR count). The second-order valence-corrected chi connectivity index (χ2v) is 1.35. The van der Waals surface area contributed by atoms with Crippen molar-refractivity contribution in [3.05, 3.63) is 0 Å². The molecule has 6 heteroatoms. The maximum Gasteiger partial charge on any atom is 1.00 e. The number of hydrogen-bond donors (Lipinski definition) is 0. The second kappa shape index (κ2) is 6.81. The minimum atomic E-state index is -2.03. The van der Waals surface area contributed by atoms with Crippen molar-refractivity contribution in [2.45, 2.75) is 0 Å². The number of carbonyl (C=O) groups excluding carboxylic acids is 2. The van der Waals surface area contributed by atoms with Gasteiger partial charge in [-0.1, -0.05) is 0 Å². The van der Waals surface area contributed by atoms with Crippen molar-refractivity contribution in [1.29, 1.82) is 0 Å². The summed E-state index contributed by atoms with van der Waals surface area (Å²) < 4.78 is 14.8. The summed E-state index contributed by atoms with van der Waals surface area (Å²) in [5, 5.41) is 0. The molecule has 0 fully saturated rings. The zero-order valence-corrected chi connectivity index (χ0v) is 12.4. The van der Waals surface area contributed by atoms with E-state index in [0.29, 0.717) is 0 Å². The summed E-state index contributed by atoms with van der Waals surface area (Å²) >= 11 is 0.116. The van der Waals surface area contributed by atoms with Crippen molar-refractivity contribution >= 4 is 35.4 Å². The fourth-order valence-corrected chi connectivity index (χ4v) is 0.311. The van der Waals surface area contributed by atoms with Gasteiger partial charge >= 0.3 is 111 Å². The van der Waals surface area contributed by atoms with Gasteiger partial charge in [-0.05, 0) is 0 Å². The maximum absolute atomic E-state index is 11.0. The van der Waals surface area contributed by atoms with E-state index in [1.165, 1.54) is 0 Å². The van der Waals surface area contributed by atoms with Crippen LogP contribution < -0.4 is 58.2 Å². The first-order chi connectivity index (χ1) is 3.18. The minimum absolute atomic E-state index is 0. The van der Waals surface area contributed by atoms with Crippen molar-refractivity contribution in [2.24, 2.45) is 0 Å². The van der Waals surface area contributed by atoms with Gasteiger partial charge in [-0.3, -0.25) is 0 Å². The molecular formula is C2H3FO3RbSb. The number of halogens is 1. The molecule has 0 amide bonds. The Morgan fingerprint density at radius 1 is 1.62 bits per heavy atom. The average molecular weight is 301 g/mol. The molecule has 0 saturated carbocycles. The first kappa shape index (κ1) is 12.4. The Kier molecular flexibility index (Phi) is 10.5. The van der Waals surface area contributed by atoms with E-state index in [4.69, 9.17) is 0 Å². The van der Waals surface area contributed by atoms with Gasteiger partial charge in [0.2, 0.25) is 0 Å². The Morgan fingerprint density at radius 2 is 2.00 bits per heavy atom. The van der Waals surface area contributed by atoms with Gasteiger partial charge in [-0.25, -0.2) is 0 Å². The van der Waals surface area contributed by atoms with Gasteiger partial charge in [-0.15, -0.1) is 0 Å². The van der Waals surface area contributed by atoms with Gasteiger partial charge in [0.25, 0.3) is 0 Å². The molecule has 8 heavy (non-hydrogen) atoms. The van der Waals surface area contributed by atoms with Crippen LogP contribution in [0.15, 0.2) is 0 Å². The molecule has 0 aromatic rings. The van der Waals surface area contributed by atoms with E-state index in [1.54, 1.807) is 0 Å². The minimum Gasteiger partial charge on any atom is -1.00 e. The molecular weight excluding hydrogens is 298 g/mol. The molecule has 0 heterocycles. The smallest absolute Gasteiger partial charge is 1.00 e. The topological polar surface area (TPSA) is 43.4 Å². The van der Waals surface area contributed by atoms with Gasteiger partial charge in [0, 0.05) is 0 Å². The summed E-state index contributed by atoms with van der Waals surface area (Å²) in [5.74, 6) is -1.40. The summed E-state index contributed by atoms with van der Waals surface area (Å²) in [7, 11) is 0. The van der Waals surface area contributed by atoms with E-state index in [2.05, 4.69) is 3.02 Å². The number of rotatable bonds is 1. The molecule has 0 N–H and O–H groups in total. The maximum atomic E-state index is 11.0. The molecule has 0 aliphatic carbocycles. The van der Waals surface area contributed by atoms with E-state index in [-0.39, 0.29) is 83.1 Å². The molecule has 0 unspecified atom stereocenters. The van der Waals surface area contributed by atoms with Crippen LogP contribution in [0.25, 0.3) is 0 Å². The van der Waals surface area contributed by atoms with Crippen molar-refractivity contribution in [3.63, 3.8) is 0 Å². The average Bonchev–Trinajstić information content (AvgIpc) is 1.65. The van der Waals surface area contributed by atoms with E-state index < -0.39 is 12.0 Å². The molecule has 0 aliphatic rings. The van der Waals surface area contributed by atoms with Crippen LogP contribution in [0, 0.1) is 0 Å². The first-order valence-corrected chi connectivity index (χ1v) is 2.63. The molecule has 42 valence electrons.